The summed E-state index contributed by atoms with van der Waals surface area (Å²) < 4.78 is 0. The molecular weight excluding hydrogens is 396 g/mol. The van der Waals surface area contributed by atoms with Crippen LogP contribution in [-0.4, -0.2) is 48.1 Å². The lowest BCUT2D eigenvalue weighted by Gasteiger charge is -2.13. The van der Waals surface area contributed by atoms with Gasteiger partial charge in [0.05, 0.1) is 22.4 Å². The van der Waals surface area contributed by atoms with E-state index in [2.05, 4.69) is 68.3 Å². The van der Waals surface area contributed by atoms with Crippen LogP contribution in [-0.2, 0) is 0 Å². The number of hydrogen-bond donors (Lipinski definition) is 2. The van der Waals surface area contributed by atoms with Gasteiger partial charge >= 0.3 is 0 Å². The minimum absolute atomic E-state index is 0.722. The Bertz CT molecular complexity index is 1260. The Balaban J connectivity index is 1.64. The smallest absolute Gasteiger partial charge is 0.174 e. The highest BCUT2D eigenvalue weighted by molar-refractivity contribution is 5.83. The maximum Gasteiger partial charge on any atom is 0.174 e. The lowest BCUT2D eigenvalue weighted by Crippen LogP contribution is -2.08. The van der Waals surface area contributed by atoms with Crippen molar-refractivity contribution in [3.63, 3.8) is 0 Å². The third-order valence-electron chi connectivity index (χ3n) is 5.65. The van der Waals surface area contributed by atoms with Gasteiger partial charge in [0.1, 0.15) is 0 Å². The zero-order chi connectivity index (χ0) is 22.2. The highest BCUT2D eigenvalue weighted by atomic mass is 15.1. The molecule has 0 bridgehead atoms. The summed E-state index contributed by atoms with van der Waals surface area (Å²) in [5.74, 6) is 1.45. The number of aromatic nitrogens is 4. The number of anilines is 2. The van der Waals surface area contributed by atoms with Gasteiger partial charge in [0.2, 0.25) is 0 Å². The molecule has 6 nitrogen and oxygen atoms in total. The molecule has 0 saturated heterocycles. The molecule has 0 saturated carbocycles. The largest absolute Gasteiger partial charge is 0.378 e. The second kappa shape index (κ2) is 7.89. The molecule has 2 heterocycles. The Labute approximate surface area is 187 Å². The van der Waals surface area contributed by atoms with Crippen LogP contribution in [0.4, 0.5) is 11.4 Å². The number of nitrogens with one attached hydrogen (secondary N) is 2. The van der Waals surface area contributed by atoms with Crippen molar-refractivity contribution in [1.29, 1.82) is 0 Å². The number of nitrogens with zero attached hydrogens (tertiary/aromatic N) is 4. The van der Waals surface area contributed by atoms with Gasteiger partial charge in [0.25, 0.3) is 0 Å². The molecule has 160 valence electrons. The minimum atomic E-state index is 0.722. The van der Waals surface area contributed by atoms with E-state index < -0.39 is 0 Å². The van der Waals surface area contributed by atoms with E-state index in [1.54, 1.807) is 0 Å². The zero-order valence-electron chi connectivity index (χ0n) is 18.7. The summed E-state index contributed by atoms with van der Waals surface area (Å²) in [6, 6.07) is 25.0. The average molecular weight is 423 g/mol. The molecular formula is C26H26N6. The molecule has 0 unspecified atom stereocenters. The van der Waals surface area contributed by atoms with Crippen LogP contribution >= 0.6 is 0 Å². The third kappa shape index (κ3) is 3.60. The fourth-order valence-electron chi connectivity index (χ4n) is 3.81. The third-order valence-corrected chi connectivity index (χ3v) is 5.65. The maximum atomic E-state index is 4.98. The molecule has 5 aromatic rings. The first-order chi connectivity index (χ1) is 15.5. The Morgan fingerprint density at radius 3 is 1.75 bits per heavy atom. The topological polar surface area (TPSA) is 63.8 Å². The van der Waals surface area contributed by atoms with Crippen LogP contribution in [0.5, 0.6) is 0 Å². The molecule has 32 heavy (non-hydrogen) atoms. The molecule has 0 amide bonds. The molecule has 0 atom stereocenters. The van der Waals surface area contributed by atoms with Gasteiger partial charge in [-0.15, -0.1) is 0 Å². The van der Waals surface area contributed by atoms with E-state index in [9.17, 15) is 0 Å². The number of fused-ring (bicyclic) bond motifs is 1. The number of H-pyrrole nitrogens is 2. The van der Waals surface area contributed by atoms with Crippen molar-refractivity contribution in [1.82, 2.24) is 19.9 Å². The first-order valence-corrected chi connectivity index (χ1v) is 10.6. The van der Waals surface area contributed by atoms with Crippen molar-refractivity contribution in [2.24, 2.45) is 0 Å². The van der Waals surface area contributed by atoms with E-state index in [0.29, 0.717) is 0 Å². The Kier molecular flexibility index (Phi) is 4.90. The van der Waals surface area contributed by atoms with Gasteiger partial charge in [-0.1, -0.05) is 36.4 Å². The molecule has 3 aromatic carbocycles. The van der Waals surface area contributed by atoms with Crippen LogP contribution in [0.2, 0.25) is 0 Å². The predicted molar refractivity (Wildman–Crippen MR) is 133 cm³/mol. The van der Waals surface area contributed by atoms with Crippen molar-refractivity contribution in [2.45, 2.75) is 0 Å². The van der Waals surface area contributed by atoms with Gasteiger partial charge < -0.3 is 19.8 Å². The normalized spacial score (nSPS) is 11.1. The predicted octanol–water partition coefficient (Wildman–Crippen LogP) is 5.42. The molecule has 0 fully saturated rings. The number of para-hydroxylation sites is 2. The van der Waals surface area contributed by atoms with Gasteiger partial charge in [-0.25, -0.2) is 9.97 Å². The van der Waals surface area contributed by atoms with E-state index in [1.807, 2.05) is 52.5 Å². The molecule has 2 N–H and O–H groups in total. The van der Waals surface area contributed by atoms with E-state index >= 15 is 0 Å². The summed E-state index contributed by atoms with van der Waals surface area (Å²) in [4.78, 5) is 20.8. The van der Waals surface area contributed by atoms with Crippen LogP contribution in [0.15, 0.2) is 72.8 Å². The minimum Gasteiger partial charge on any atom is -0.378 e. The molecule has 0 radical (unpaired) electrons. The Morgan fingerprint density at radius 1 is 0.594 bits per heavy atom. The van der Waals surface area contributed by atoms with Crippen molar-refractivity contribution < 1.29 is 0 Å². The summed E-state index contributed by atoms with van der Waals surface area (Å²) >= 11 is 0. The molecule has 0 aliphatic rings. The number of hydrogen-bond acceptors (Lipinski definition) is 4. The molecule has 0 aliphatic carbocycles. The highest BCUT2D eigenvalue weighted by Gasteiger charge is 2.17. The Morgan fingerprint density at radius 2 is 1.16 bits per heavy atom. The van der Waals surface area contributed by atoms with Crippen LogP contribution < -0.4 is 9.80 Å². The molecule has 2 aromatic heterocycles. The number of rotatable bonds is 5. The van der Waals surface area contributed by atoms with E-state index in [4.69, 9.17) is 9.97 Å². The molecule has 5 rings (SSSR count). The van der Waals surface area contributed by atoms with Gasteiger partial charge in [-0.2, -0.15) is 0 Å². The number of aromatic amines is 2. The second-order valence-corrected chi connectivity index (χ2v) is 8.29. The first-order valence-electron chi connectivity index (χ1n) is 10.6. The fraction of sp³-hybridized carbons (Fsp3) is 0.154. The van der Waals surface area contributed by atoms with Crippen LogP contribution in [0.25, 0.3) is 45.2 Å². The van der Waals surface area contributed by atoms with Crippen LogP contribution in [0, 0.1) is 0 Å². The molecule has 0 spiro atoms. The first kappa shape index (κ1) is 19.9. The quantitative estimate of drug-likeness (QED) is 0.397. The van der Waals surface area contributed by atoms with Gasteiger partial charge in [-0.05, 0) is 36.4 Å². The van der Waals surface area contributed by atoms with E-state index in [-0.39, 0.29) is 0 Å². The monoisotopic (exact) mass is 422 g/mol. The molecule has 6 heteroatoms. The van der Waals surface area contributed by atoms with Crippen molar-refractivity contribution in [2.75, 3.05) is 38.0 Å². The number of imidazole rings is 2. The summed E-state index contributed by atoms with van der Waals surface area (Å²) in [5.41, 5.74) is 8.24. The summed E-state index contributed by atoms with van der Waals surface area (Å²) in [7, 11) is 8.17. The van der Waals surface area contributed by atoms with Gasteiger partial charge in [0, 0.05) is 50.7 Å². The van der Waals surface area contributed by atoms with Crippen LogP contribution in [0.3, 0.4) is 0 Å². The van der Waals surface area contributed by atoms with Crippen LogP contribution in [0.1, 0.15) is 0 Å². The second-order valence-electron chi connectivity index (χ2n) is 8.29. The van der Waals surface area contributed by atoms with E-state index in [1.165, 1.54) is 0 Å². The summed E-state index contributed by atoms with van der Waals surface area (Å²) in [6.07, 6.45) is 0. The van der Waals surface area contributed by atoms with Crippen molar-refractivity contribution in [3.05, 3.63) is 72.8 Å². The Hall–Kier alpha value is -4.06. The lowest BCUT2D eigenvalue weighted by atomic mass is 10.0. The summed E-state index contributed by atoms with van der Waals surface area (Å²) in [6.45, 7) is 0. The zero-order valence-corrected chi connectivity index (χ0v) is 18.7. The fourth-order valence-corrected chi connectivity index (χ4v) is 3.81. The standard InChI is InChI=1S/C26H26N6/c1-31(2)19-13-9-17(10-14-19)23-24(18-11-15-20(16-12-18)32(3)4)30-26(29-23)25-27-21-7-5-6-8-22(21)28-25/h5-16H,1-4H3,(H,27,28)(H,29,30). The van der Waals surface area contributed by atoms with Gasteiger partial charge in [0.15, 0.2) is 11.6 Å². The van der Waals surface area contributed by atoms with Gasteiger partial charge in [-0.3, -0.25) is 0 Å². The average Bonchev–Trinajstić information content (AvgIpc) is 3.44. The summed E-state index contributed by atoms with van der Waals surface area (Å²) in [5, 5.41) is 0. The van der Waals surface area contributed by atoms with Crippen molar-refractivity contribution >= 4 is 22.4 Å². The highest BCUT2D eigenvalue weighted by Crippen LogP contribution is 2.34. The lowest BCUT2D eigenvalue weighted by molar-refractivity contribution is 1.13. The number of benzene rings is 3. The van der Waals surface area contributed by atoms with Crippen molar-refractivity contribution in [3.8, 4) is 34.2 Å². The maximum absolute atomic E-state index is 4.98. The molecule has 0 aliphatic heterocycles. The SMILES string of the molecule is CN(C)c1ccc(-c2nc(-c3nc4ccccc4[nH]3)[nH]c2-c2ccc(N(C)C)cc2)cc1. The van der Waals surface area contributed by atoms with E-state index in [0.717, 1.165) is 56.6 Å².